The van der Waals surface area contributed by atoms with E-state index in [0.29, 0.717) is 10.4 Å². The second-order valence-electron chi connectivity index (χ2n) is 5.49. The fourth-order valence-corrected chi connectivity index (χ4v) is 3.08. The molecule has 0 aliphatic carbocycles. The summed E-state index contributed by atoms with van der Waals surface area (Å²) >= 11 is 12.2. The zero-order valence-corrected chi connectivity index (χ0v) is 15.9. The third kappa shape index (κ3) is 3.58. The van der Waals surface area contributed by atoms with Gasteiger partial charge in [-0.25, -0.2) is 9.59 Å². The van der Waals surface area contributed by atoms with Crippen LogP contribution in [0.25, 0.3) is 5.69 Å². The predicted molar refractivity (Wildman–Crippen MR) is 102 cm³/mol. The van der Waals surface area contributed by atoms with Crippen LogP contribution in [0.1, 0.15) is 6.92 Å². The van der Waals surface area contributed by atoms with E-state index in [1.54, 1.807) is 19.1 Å². The van der Waals surface area contributed by atoms with Gasteiger partial charge in [-0.2, -0.15) is 4.68 Å². The molecule has 0 unspecified atom stereocenters. The first kappa shape index (κ1) is 19.8. The van der Waals surface area contributed by atoms with Crippen molar-refractivity contribution in [1.29, 1.82) is 0 Å². The van der Waals surface area contributed by atoms with E-state index in [0.717, 1.165) is 4.68 Å². The number of halogens is 2. The number of rotatable bonds is 4. The third-order valence-electron chi connectivity index (χ3n) is 3.83. The molecule has 10 nitrogen and oxygen atoms in total. The SMILES string of the molecule is CCN(C(=O)n1nnn(-c2c(Cl)cccc2Cl)c1=O)c1cccc(N(O)O)c1. The average molecular weight is 425 g/mol. The summed E-state index contributed by atoms with van der Waals surface area (Å²) in [7, 11) is 0. The number of hydrogen-bond acceptors (Lipinski definition) is 7. The number of carbonyl (C=O) groups is 1. The lowest BCUT2D eigenvalue weighted by atomic mass is 10.2. The number of amides is 1. The lowest BCUT2D eigenvalue weighted by Gasteiger charge is -2.20. The van der Waals surface area contributed by atoms with Crippen molar-refractivity contribution in [2.45, 2.75) is 6.92 Å². The van der Waals surface area contributed by atoms with Gasteiger partial charge < -0.3 is 0 Å². The first-order chi connectivity index (χ1) is 13.3. The molecule has 12 heteroatoms. The van der Waals surface area contributed by atoms with Gasteiger partial charge in [-0.15, -0.1) is 9.91 Å². The van der Waals surface area contributed by atoms with E-state index in [2.05, 4.69) is 10.4 Å². The zero-order chi connectivity index (χ0) is 20.4. The van der Waals surface area contributed by atoms with Crippen molar-refractivity contribution in [3.63, 3.8) is 0 Å². The Kier molecular flexibility index (Phi) is 5.66. The van der Waals surface area contributed by atoms with Crippen molar-refractivity contribution in [2.75, 3.05) is 16.7 Å². The Morgan fingerprint density at radius 2 is 1.68 bits per heavy atom. The second-order valence-corrected chi connectivity index (χ2v) is 6.31. The molecule has 1 aromatic heterocycles. The molecule has 0 radical (unpaired) electrons. The molecule has 1 heterocycles. The number of nitrogens with zero attached hydrogens (tertiary/aromatic N) is 6. The number of carbonyl (C=O) groups excluding carboxylic acids is 1. The number of hydrogen-bond donors (Lipinski definition) is 2. The topological polar surface area (TPSA) is 117 Å². The Morgan fingerprint density at radius 3 is 2.29 bits per heavy atom. The van der Waals surface area contributed by atoms with E-state index >= 15 is 0 Å². The molecule has 0 saturated heterocycles. The first-order valence-corrected chi connectivity index (χ1v) is 8.70. The highest BCUT2D eigenvalue weighted by atomic mass is 35.5. The van der Waals surface area contributed by atoms with Gasteiger partial charge in [0.25, 0.3) is 0 Å². The molecule has 146 valence electrons. The molecule has 0 fully saturated rings. The molecule has 0 aliphatic heterocycles. The van der Waals surface area contributed by atoms with Gasteiger partial charge in [-0.1, -0.05) is 35.3 Å². The molecule has 0 spiro atoms. The molecule has 1 amide bonds. The van der Waals surface area contributed by atoms with Crippen molar-refractivity contribution in [1.82, 2.24) is 19.8 Å². The van der Waals surface area contributed by atoms with Gasteiger partial charge >= 0.3 is 11.7 Å². The molecule has 28 heavy (non-hydrogen) atoms. The minimum absolute atomic E-state index is 0.0302. The number of aromatic nitrogens is 4. The minimum atomic E-state index is -0.861. The largest absolute Gasteiger partial charge is 0.377 e. The fraction of sp³-hybridized carbons (Fsp3) is 0.125. The van der Waals surface area contributed by atoms with Crippen molar-refractivity contribution < 1.29 is 15.2 Å². The molecule has 3 aromatic rings. The zero-order valence-electron chi connectivity index (χ0n) is 14.4. The van der Waals surface area contributed by atoms with Gasteiger partial charge in [0.05, 0.1) is 15.7 Å². The standard InChI is InChI=1S/C16H14Cl2N6O4/c1-2-21(10-5-3-6-11(9-10)24(27)28)15(25)23-16(26)22(19-20-23)14-12(17)7-4-8-13(14)18/h3-9,27-28H,2H2,1H3. The van der Waals surface area contributed by atoms with Crippen LogP contribution < -0.4 is 15.8 Å². The van der Waals surface area contributed by atoms with E-state index in [1.165, 1.54) is 35.2 Å². The smallest absolute Gasteiger partial charge is 0.293 e. The van der Waals surface area contributed by atoms with Crippen LogP contribution in [-0.4, -0.2) is 42.8 Å². The molecule has 0 bridgehead atoms. The summed E-state index contributed by atoms with van der Waals surface area (Å²) in [5.41, 5.74) is -0.408. The van der Waals surface area contributed by atoms with Crippen LogP contribution in [0, 0.1) is 0 Å². The van der Waals surface area contributed by atoms with Gasteiger partial charge in [0.15, 0.2) is 0 Å². The second kappa shape index (κ2) is 7.98. The normalized spacial score (nSPS) is 10.8. The molecule has 2 aromatic carbocycles. The van der Waals surface area contributed by atoms with Crippen LogP contribution in [0.2, 0.25) is 10.0 Å². The van der Waals surface area contributed by atoms with Crippen LogP contribution in [-0.2, 0) is 0 Å². The highest BCUT2D eigenvalue weighted by Gasteiger charge is 2.24. The highest BCUT2D eigenvalue weighted by Crippen LogP contribution is 2.26. The Labute approximate surface area is 168 Å². The maximum atomic E-state index is 12.9. The molecule has 3 rings (SSSR count). The predicted octanol–water partition coefficient (Wildman–Crippen LogP) is 2.82. The van der Waals surface area contributed by atoms with E-state index in [9.17, 15) is 9.59 Å². The fourth-order valence-electron chi connectivity index (χ4n) is 2.53. The number of benzene rings is 2. The van der Waals surface area contributed by atoms with Gasteiger partial charge in [-0.3, -0.25) is 15.3 Å². The summed E-state index contributed by atoms with van der Waals surface area (Å²) in [6.45, 7) is 1.85. The Bertz CT molecular complexity index is 1060. The van der Waals surface area contributed by atoms with E-state index in [4.69, 9.17) is 33.6 Å². The quantitative estimate of drug-likeness (QED) is 0.488. The Morgan fingerprint density at radius 1 is 1.07 bits per heavy atom. The Hall–Kier alpha value is -2.92. The lowest BCUT2D eigenvalue weighted by molar-refractivity contribution is 0.0292. The van der Waals surface area contributed by atoms with Crippen molar-refractivity contribution in [3.8, 4) is 5.69 Å². The number of para-hydroxylation sites is 1. The maximum absolute atomic E-state index is 12.9. The molecule has 0 aliphatic rings. The van der Waals surface area contributed by atoms with Crippen LogP contribution in [0.4, 0.5) is 16.2 Å². The number of tetrazole rings is 1. The molecular formula is C16H14Cl2N6O4. The highest BCUT2D eigenvalue weighted by molar-refractivity contribution is 6.37. The first-order valence-electron chi connectivity index (χ1n) is 7.94. The summed E-state index contributed by atoms with van der Waals surface area (Å²) < 4.78 is 1.39. The summed E-state index contributed by atoms with van der Waals surface area (Å²) in [6, 6.07) is 9.71. The van der Waals surface area contributed by atoms with Gasteiger partial charge in [0.2, 0.25) is 0 Å². The van der Waals surface area contributed by atoms with Crippen LogP contribution in [0.15, 0.2) is 47.3 Å². The van der Waals surface area contributed by atoms with Gasteiger partial charge in [0, 0.05) is 12.2 Å². The van der Waals surface area contributed by atoms with Crippen molar-refractivity contribution >= 4 is 40.6 Å². The van der Waals surface area contributed by atoms with Crippen LogP contribution in [0.5, 0.6) is 0 Å². The lowest BCUT2D eigenvalue weighted by Crippen LogP contribution is -2.41. The van der Waals surface area contributed by atoms with E-state index in [1.807, 2.05) is 0 Å². The molecule has 0 atom stereocenters. The number of anilines is 2. The molecule has 2 N–H and O–H groups in total. The summed E-state index contributed by atoms with van der Waals surface area (Å²) in [5, 5.41) is 25.9. The van der Waals surface area contributed by atoms with Gasteiger partial charge in [-0.05, 0) is 47.7 Å². The van der Waals surface area contributed by atoms with Crippen molar-refractivity contribution in [3.05, 3.63) is 63.0 Å². The van der Waals surface area contributed by atoms with Crippen LogP contribution >= 0.6 is 23.2 Å². The summed E-state index contributed by atoms with van der Waals surface area (Å²) in [6.07, 6.45) is 0. The Balaban J connectivity index is 2.02. The third-order valence-corrected chi connectivity index (χ3v) is 4.44. The van der Waals surface area contributed by atoms with Gasteiger partial charge in [0.1, 0.15) is 5.69 Å². The summed E-state index contributed by atoms with van der Waals surface area (Å²) in [5.74, 6) is 0. The van der Waals surface area contributed by atoms with Crippen LogP contribution in [0.3, 0.4) is 0 Å². The maximum Gasteiger partial charge on any atom is 0.377 e. The minimum Gasteiger partial charge on any atom is -0.293 e. The average Bonchev–Trinajstić information content (AvgIpc) is 3.03. The summed E-state index contributed by atoms with van der Waals surface area (Å²) in [4.78, 5) is 26.8. The molecular weight excluding hydrogens is 411 g/mol. The monoisotopic (exact) mass is 424 g/mol. The van der Waals surface area contributed by atoms with E-state index < -0.39 is 11.7 Å². The molecule has 0 saturated carbocycles. The van der Waals surface area contributed by atoms with E-state index in [-0.39, 0.29) is 33.2 Å². The van der Waals surface area contributed by atoms with Crippen molar-refractivity contribution in [2.24, 2.45) is 0 Å².